The van der Waals surface area contributed by atoms with Crippen LogP contribution in [0.4, 0.5) is 5.69 Å². The van der Waals surface area contributed by atoms with E-state index in [-0.39, 0.29) is 11.7 Å². The van der Waals surface area contributed by atoms with Gasteiger partial charge in [-0.25, -0.2) is 0 Å². The third kappa shape index (κ3) is 2.94. The number of rotatable bonds is 3. The maximum Gasteiger partial charge on any atom is 0.308 e. The standard InChI is InChI=1S/C18H15NO4/c1-11-16-14(22-12(2)20)9-6-10-15(16)23-17(11)18(21)19-13-7-4-3-5-8-13/h3-10H,1-2H3,(H,19,21). The maximum absolute atomic E-state index is 12.4. The van der Waals surface area contributed by atoms with Crippen LogP contribution in [-0.2, 0) is 4.79 Å². The number of amides is 1. The first-order valence-electron chi connectivity index (χ1n) is 7.13. The molecule has 0 aliphatic carbocycles. The number of anilines is 1. The number of esters is 1. The molecule has 0 spiro atoms. The molecule has 3 rings (SSSR count). The van der Waals surface area contributed by atoms with Gasteiger partial charge in [-0.2, -0.15) is 0 Å². The fourth-order valence-electron chi connectivity index (χ4n) is 2.43. The molecule has 1 amide bonds. The molecule has 0 radical (unpaired) electrons. The number of para-hydroxylation sites is 1. The van der Waals surface area contributed by atoms with Crippen LogP contribution in [-0.4, -0.2) is 11.9 Å². The zero-order valence-corrected chi connectivity index (χ0v) is 12.8. The van der Waals surface area contributed by atoms with Crippen LogP contribution in [0.5, 0.6) is 5.75 Å². The van der Waals surface area contributed by atoms with Crippen LogP contribution >= 0.6 is 0 Å². The first-order valence-corrected chi connectivity index (χ1v) is 7.13. The Morgan fingerprint density at radius 3 is 2.48 bits per heavy atom. The van der Waals surface area contributed by atoms with Crippen molar-refractivity contribution in [3.63, 3.8) is 0 Å². The van der Waals surface area contributed by atoms with E-state index in [0.717, 1.165) is 0 Å². The van der Waals surface area contributed by atoms with Crippen LogP contribution in [0.2, 0.25) is 0 Å². The Morgan fingerprint density at radius 1 is 1.04 bits per heavy atom. The number of nitrogens with one attached hydrogen (secondary N) is 1. The molecule has 1 heterocycles. The van der Waals surface area contributed by atoms with Gasteiger partial charge in [-0.3, -0.25) is 9.59 Å². The Bertz CT molecular complexity index is 881. The van der Waals surface area contributed by atoms with Gasteiger partial charge in [0.05, 0.1) is 5.39 Å². The van der Waals surface area contributed by atoms with Crippen LogP contribution in [0, 0.1) is 6.92 Å². The predicted molar refractivity (Wildman–Crippen MR) is 86.7 cm³/mol. The predicted octanol–water partition coefficient (Wildman–Crippen LogP) is 3.92. The second-order valence-electron chi connectivity index (χ2n) is 5.10. The monoisotopic (exact) mass is 309 g/mol. The molecule has 0 saturated carbocycles. The average molecular weight is 309 g/mol. The molecule has 0 unspecified atom stereocenters. The van der Waals surface area contributed by atoms with Crippen LogP contribution in [0.15, 0.2) is 52.9 Å². The van der Waals surface area contributed by atoms with Crippen molar-refractivity contribution < 1.29 is 18.7 Å². The first-order chi connectivity index (χ1) is 11.1. The number of carbonyl (C=O) groups excluding carboxylic acids is 2. The van der Waals surface area contributed by atoms with Crippen molar-refractivity contribution in [2.75, 3.05) is 5.32 Å². The average Bonchev–Trinajstić information content (AvgIpc) is 2.86. The van der Waals surface area contributed by atoms with E-state index in [1.807, 2.05) is 18.2 Å². The number of carbonyl (C=O) groups is 2. The van der Waals surface area contributed by atoms with E-state index in [4.69, 9.17) is 9.15 Å². The number of ether oxygens (including phenoxy) is 1. The molecule has 0 atom stereocenters. The third-order valence-corrected chi connectivity index (χ3v) is 3.41. The Kier molecular flexibility index (Phi) is 3.85. The molecular weight excluding hydrogens is 294 g/mol. The fraction of sp³-hybridized carbons (Fsp3) is 0.111. The van der Waals surface area contributed by atoms with E-state index >= 15 is 0 Å². The van der Waals surface area contributed by atoms with Gasteiger partial charge < -0.3 is 14.5 Å². The van der Waals surface area contributed by atoms with Gasteiger partial charge in [0.25, 0.3) is 5.91 Å². The van der Waals surface area contributed by atoms with E-state index in [9.17, 15) is 9.59 Å². The number of hydrogen-bond acceptors (Lipinski definition) is 4. The zero-order valence-electron chi connectivity index (χ0n) is 12.8. The smallest absolute Gasteiger partial charge is 0.308 e. The van der Waals surface area contributed by atoms with Crippen LogP contribution in [0.25, 0.3) is 11.0 Å². The summed E-state index contributed by atoms with van der Waals surface area (Å²) in [5, 5.41) is 3.41. The van der Waals surface area contributed by atoms with Gasteiger partial charge in [0, 0.05) is 18.2 Å². The minimum atomic E-state index is -0.423. The third-order valence-electron chi connectivity index (χ3n) is 3.41. The second kappa shape index (κ2) is 5.96. The molecule has 3 aromatic rings. The van der Waals surface area contributed by atoms with Crippen molar-refractivity contribution >= 4 is 28.5 Å². The van der Waals surface area contributed by atoms with Gasteiger partial charge in [0.1, 0.15) is 11.3 Å². The first kappa shape index (κ1) is 14.8. The molecule has 0 aliphatic rings. The lowest BCUT2D eigenvalue weighted by Crippen LogP contribution is -2.12. The van der Waals surface area contributed by atoms with Gasteiger partial charge in [-0.1, -0.05) is 24.3 Å². The summed E-state index contributed by atoms with van der Waals surface area (Å²) in [5.74, 6) is -0.189. The number of aryl methyl sites for hydroxylation is 1. The molecule has 2 aromatic carbocycles. The second-order valence-corrected chi connectivity index (χ2v) is 5.10. The number of fused-ring (bicyclic) bond motifs is 1. The maximum atomic E-state index is 12.4. The minimum Gasteiger partial charge on any atom is -0.450 e. The topological polar surface area (TPSA) is 68.5 Å². The van der Waals surface area contributed by atoms with Crippen molar-refractivity contribution in [3.05, 3.63) is 59.9 Å². The normalized spacial score (nSPS) is 10.5. The molecule has 0 fully saturated rings. The highest BCUT2D eigenvalue weighted by Gasteiger charge is 2.20. The molecular formula is C18H15NO4. The van der Waals surface area contributed by atoms with Crippen molar-refractivity contribution in [1.29, 1.82) is 0 Å². The van der Waals surface area contributed by atoms with E-state index in [0.29, 0.717) is 28.0 Å². The fourth-order valence-corrected chi connectivity index (χ4v) is 2.43. The molecule has 23 heavy (non-hydrogen) atoms. The quantitative estimate of drug-likeness (QED) is 0.588. The van der Waals surface area contributed by atoms with Crippen LogP contribution in [0.1, 0.15) is 23.0 Å². The lowest BCUT2D eigenvalue weighted by Gasteiger charge is -2.04. The number of hydrogen-bond donors (Lipinski definition) is 1. The summed E-state index contributed by atoms with van der Waals surface area (Å²) in [6, 6.07) is 14.2. The summed E-state index contributed by atoms with van der Waals surface area (Å²) < 4.78 is 10.8. The van der Waals surface area contributed by atoms with Crippen LogP contribution in [0.3, 0.4) is 0 Å². The van der Waals surface area contributed by atoms with E-state index in [1.165, 1.54) is 6.92 Å². The van der Waals surface area contributed by atoms with Gasteiger partial charge in [0.15, 0.2) is 5.76 Å². The summed E-state index contributed by atoms with van der Waals surface area (Å²) in [5.41, 5.74) is 1.81. The lowest BCUT2D eigenvalue weighted by atomic mass is 10.1. The molecule has 5 heteroatoms. The highest BCUT2D eigenvalue weighted by Crippen LogP contribution is 2.33. The molecule has 5 nitrogen and oxygen atoms in total. The van der Waals surface area contributed by atoms with E-state index in [1.54, 1.807) is 37.3 Å². The Hall–Kier alpha value is -3.08. The van der Waals surface area contributed by atoms with Gasteiger partial charge >= 0.3 is 5.97 Å². The summed E-state index contributed by atoms with van der Waals surface area (Å²) in [6.45, 7) is 3.09. The molecule has 0 saturated heterocycles. The molecule has 0 aliphatic heterocycles. The summed E-state index contributed by atoms with van der Waals surface area (Å²) >= 11 is 0. The number of benzene rings is 2. The summed E-state index contributed by atoms with van der Waals surface area (Å²) in [6.07, 6.45) is 0. The van der Waals surface area contributed by atoms with Crippen molar-refractivity contribution in [3.8, 4) is 5.75 Å². The van der Waals surface area contributed by atoms with E-state index in [2.05, 4.69) is 5.32 Å². The highest BCUT2D eigenvalue weighted by molar-refractivity contribution is 6.07. The van der Waals surface area contributed by atoms with Gasteiger partial charge in [-0.05, 0) is 31.2 Å². The van der Waals surface area contributed by atoms with Crippen molar-refractivity contribution in [2.45, 2.75) is 13.8 Å². The largest absolute Gasteiger partial charge is 0.450 e. The molecule has 1 aromatic heterocycles. The van der Waals surface area contributed by atoms with E-state index < -0.39 is 5.97 Å². The minimum absolute atomic E-state index is 0.198. The van der Waals surface area contributed by atoms with Gasteiger partial charge in [-0.15, -0.1) is 0 Å². The Labute approximate surface area is 132 Å². The highest BCUT2D eigenvalue weighted by atomic mass is 16.5. The number of furan rings is 1. The molecule has 1 N–H and O–H groups in total. The van der Waals surface area contributed by atoms with Gasteiger partial charge in [0.2, 0.25) is 0 Å². The summed E-state index contributed by atoms with van der Waals surface area (Å²) in [4.78, 5) is 23.6. The van der Waals surface area contributed by atoms with Crippen molar-refractivity contribution in [1.82, 2.24) is 0 Å². The van der Waals surface area contributed by atoms with Crippen LogP contribution < -0.4 is 10.1 Å². The Morgan fingerprint density at radius 2 is 1.78 bits per heavy atom. The zero-order chi connectivity index (χ0) is 16.4. The van der Waals surface area contributed by atoms with Crippen molar-refractivity contribution in [2.24, 2.45) is 0 Å². The Balaban J connectivity index is 2.00. The molecule has 0 bridgehead atoms. The summed E-state index contributed by atoms with van der Waals surface area (Å²) in [7, 11) is 0. The molecule has 116 valence electrons. The lowest BCUT2D eigenvalue weighted by molar-refractivity contribution is -0.131. The SMILES string of the molecule is CC(=O)Oc1cccc2oc(C(=O)Nc3ccccc3)c(C)c12.